The van der Waals surface area contributed by atoms with Crippen molar-refractivity contribution in [3.05, 3.63) is 51.0 Å². The SMILES string of the molecule is Cc1cc(Br)ccc1Cc1c(C)nc(CCO)n1C. The van der Waals surface area contributed by atoms with Crippen LogP contribution in [-0.4, -0.2) is 21.3 Å². The summed E-state index contributed by atoms with van der Waals surface area (Å²) in [6.07, 6.45) is 1.48. The maximum atomic E-state index is 9.05. The van der Waals surface area contributed by atoms with Crippen molar-refractivity contribution in [1.82, 2.24) is 9.55 Å². The number of aliphatic hydroxyl groups excluding tert-OH is 1. The zero-order chi connectivity index (χ0) is 14.0. The number of aliphatic hydroxyl groups is 1. The Balaban J connectivity index is 2.33. The van der Waals surface area contributed by atoms with E-state index >= 15 is 0 Å². The van der Waals surface area contributed by atoms with Crippen LogP contribution in [0.15, 0.2) is 22.7 Å². The molecule has 0 saturated carbocycles. The minimum atomic E-state index is 0.140. The van der Waals surface area contributed by atoms with Crippen molar-refractivity contribution < 1.29 is 5.11 Å². The van der Waals surface area contributed by atoms with Gasteiger partial charge in [0.1, 0.15) is 5.82 Å². The van der Waals surface area contributed by atoms with Gasteiger partial charge in [0, 0.05) is 30.1 Å². The highest BCUT2D eigenvalue weighted by Gasteiger charge is 2.12. The first-order valence-corrected chi connectivity index (χ1v) is 7.19. The molecule has 0 unspecified atom stereocenters. The summed E-state index contributed by atoms with van der Waals surface area (Å²) < 4.78 is 3.21. The van der Waals surface area contributed by atoms with Crippen LogP contribution >= 0.6 is 15.9 Å². The van der Waals surface area contributed by atoms with Crippen LogP contribution in [0.25, 0.3) is 0 Å². The van der Waals surface area contributed by atoms with Crippen molar-refractivity contribution in [2.24, 2.45) is 7.05 Å². The van der Waals surface area contributed by atoms with Crippen molar-refractivity contribution in [1.29, 1.82) is 0 Å². The van der Waals surface area contributed by atoms with Gasteiger partial charge in [-0.3, -0.25) is 0 Å². The van der Waals surface area contributed by atoms with E-state index in [0.29, 0.717) is 6.42 Å². The Hall–Kier alpha value is -1.13. The van der Waals surface area contributed by atoms with Crippen LogP contribution in [0, 0.1) is 13.8 Å². The van der Waals surface area contributed by atoms with Gasteiger partial charge in [-0.15, -0.1) is 0 Å². The third-order valence-corrected chi connectivity index (χ3v) is 4.00. The summed E-state index contributed by atoms with van der Waals surface area (Å²) in [5.74, 6) is 0.949. The monoisotopic (exact) mass is 322 g/mol. The first-order chi connectivity index (χ1) is 9.02. The first-order valence-electron chi connectivity index (χ1n) is 6.40. The van der Waals surface area contributed by atoms with Gasteiger partial charge in [0.25, 0.3) is 0 Å². The molecule has 0 aliphatic heterocycles. The first kappa shape index (κ1) is 14.3. The zero-order valence-electron chi connectivity index (χ0n) is 11.6. The fourth-order valence-corrected chi connectivity index (χ4v) is 2.82. The predicted octanol–water partition coefficient (Wildman–Crippen LogP) is 2.93. The van der Waals surface area contributed by atoms with Gasteiger partial charge in [0.05, 0.1) is 12.3 Å². The summed E-state index contributed by atoms with van der Waals surface area (Å²) >= 11 is 3.49. The second-order valence-electron chi connectivity index (χ2n) is 4.84. The molecular formula is C15H19BrN2O. The number of aryl methyl sites for hydroxylation is 2. The Morgan fingerprint density at radius 1 is 1.32 bits per heavy atom. The maximum absolute atomic E-state index is 9.05. The lowest BCUT2D eigenvalue weighted by Crippen LogP contribution is -2.05. The minimum Gasteiger partial charge on any atom is -0.396 e. The van der Waals surface area contributed by atoms with Crippen molar-refractivity contribution in [3.8, 4) is 0 Å². The number of rotatable bonds is 4. The Morgan fingerprint density at radius 2 is 2.05 bits per heavy atom. The van der Waals surface area contributed by atoms with Crippen LogP contribution < -0.4 is 0 Å². The van der Waals surface area contributed by atoms with Crippen molar-refractivity contribution in [3.63, 3.8) is 0 Å². The van der Waals surface area contributed by atoms with Gasteiger partial charge in [-0.05, 0) is 37.1 Å². The fraction of sp³-hybridized carbons (Fsp3) is 0.400. The molecule has 102 valence electrons. The maximum Gasteiger partial charge on any atom is 0.111 e. The number of nitrogens with zero attached hydrogens (tertiary/aromatic N) is 2. The summed E-state index contributed by atoms with van der Waals surface area (Å²) in [5.41, 5.74) is 4.85. The van der Waals surface area contributed by atoms with Crippen LogP contribution in [0.1, 0.15) is 28.3 Å². The smallest absolute Gasteiger partial charge is 0.111 e. The van der Waals surface area contributed by atoms with Crippen molar-refractivity contribution >= 4 is 15.9 Å². The van der Waals surface area contributed by atoms with Crippen LogP contribution in [0.5, 0.6) is 0 Å². The van der Waals surface area contributed by atoms with E-state index in [1.807, 2.05) is 14.0 Å². The fourth-order valence-electron chi connectivity index (χ4n) is 2.34. The van der Waals surface area contributed by atoms with Crippen LogP contribution in [0.2, 0.25) is 0 Å². The molecule has 0 radical (unpaired) electrons. The lowest BCUT2D eigenvalue weighted by atomic mass is 10.0. The Labute approximate surface area is 122 Å². The summed E-state index contributed by atoms with van der Waals surface area (Å²) in [5, 5.41) is 9.05. The molecule has 0 saturated heterocycles. The molecule has 0 spiro atoms. The highest BCUT2D eigenvalue weighted by atomic mass is 79.9. The average molecular weight is 323 g/mol. The van der Waals surface area contributed by atoms with E-state index in [2.05, 4.69) is 50.6 Å². The van der Waals surface area contributed by atoms with Crippen LogP contribution in [0.4, 0.5) is 0 Å². The number of aromatic nitrogens is 2. The normalized spacial score (nSPS) is 11.0. The Morgan fingerprint density at radius 3 is 2.68 bits per heavy atom. The highest BCUT2D eigenvalue weighted by molar-refractivity contribution is 9.10. The molecular weight excluding hydrogens is 304 g/mol. The predicted molar refractivity (Wildman–Crippen MR) is 80.4 cm³/mol. The lowest BCUT2D eigenvalue weighted by molar-refractivity contribution is 0.295. The molecule has 0 aliphatic rings. The van der Waals surface area contributed by atoms with E-state index < -0.39 is 0 Å². The molecule has 2 aromatic rings. The molecule has 4 heteroatoms. The molecule has 1 heterocycles. The Bertz CT molecular complexity index is 590. The van der Waals surface area contributed by atoms with Gasteiger partial charge in [-0.25, -0.2) is 4.98 Å². The molecule has 0 amide bonds. The topological polar surface area (TPSA) is 38.1 Å². The standard InChI is InChI=1S/C15H19BrN2O/c1-10-8-13(16)5-4-12(10)9-14-11(2)17-15(6-7-19)18(14)3/h4-5,8,19H,6-7,9H2,1-3H3. The molecule has 2 rings (SSSR count). The quantitative estimate of drug-likeness (QED) is 0.939. The molecule has 19 heavy (non-hydrogen) atoms. The third kappa shape index (κ3) is 3.07. The molecule has 3 nitrogen and oxygen atoms in total. The lowest BCUT2D eigenvalue weighted by Gasteiger charge is -2.09. The average Bonchev–Trinajstić information content (AvgIpc) is 2.60. The van der Waals surface area contributed by atoms with Gasteiger partial charge in [0.2, 0.25) is 0 Å². The second kappa shape index (κ2) is 5.88. The molecule has 0 atom stereocenters. The molecule has 0 aliphatic carbocycles. The van der Waals surface area contributed by atoms with E-state index in [4.69, 9.17) is 5.11 Å². The second-order valence-corrected chi connectivity index (χ2v) is 5.76. The van der Waals surface area contributed by atoms with Gasteiger partial charge in [0.15, 0.2) is 0 Å². The van der Waals surface area contributed by atoms with Gasteiger partial charge < -0.3 is 9.67 Å². The van der Waals surface area contributed by atoms with E-state index in [9.17, 15) is 0 Å². The summed E-state index contributed by atoms with van der Waals surface area (Å²) in [6.45, 7) is 4.30. The van der Waals surface area contributed by atoms with Gasteiger partial charge in [-0.1, -0.05) is 22.0 Å². The van der Waals surface area contributed by atoms with Crippen LogP contribution in [-0.2, 0) is 19.9 Å². The number of halogens is 1. The van der Waals surface area contributed by atoms with E-state index in [-0.39, 0.29) is 6.61 Å². The third-order valence-electron chi connectivity index (χ3n) is 3.50. The highest BCUT2D eigenvalue weighted by Crippen LogP contribution is 2.21. The Kier molecular flexibility index (Phi) is 4.42. The molecule has 1 aromatic heterocycles. The number of imidazole rings is 1. The number of benzene rings is 1. The minimum absolute atomic E-state index is 0.140. The summed E-state index contributed by atoms with van der Waals surface area (Å²) in [7, 11) is 2.02. The van der Waals surface area contributed by atoms with Gasteiger partial charge in [-0.2, -0.15) is 0 Å². The van der Waals surface area contributed by atoms with Crippen molar-refractivity contribution in [2.45, 2.75) is 26.7 Å². The molecule has 1 N–H and O–H groups in total. The molecule has 0 fully saturated rings. The molecule has 0 bridgehead atoms. The summed E-state index contributed by atoms with van der Waals surface area (Å²) in [4.78, 5) is 4.54. The van der Waals surface area contributed by atoms with E-state index in [1.54, 1.807) is 0 Å². The van der Waals surface area contributed by atoms with Gasteiger partial charge >= 0.3 is 0 Å². The van der Waals surface area contributed by atoms with Crippen LogP contribution in [0.3, 0.4) is 0 Å². The van der Waals surface area contributed by atoms with Crippen molar-refractivity contribution in [2.75, 3.05) is 6.61 Å². The van der Waals surface area contributed by atoms with E-state index in [1.165, 1.54) is 16.8 Å². The number of hydrogen-bond acceptors (Lipinski definition) is 2. The zero-order valence-corrected chi connectivity index (χ0v) is 13.2. The number of hydrogen-bond donors (Lipinski definition) is 1. The van der Waals surface area contributed by atoms with E-state index in [0.717, 1.165) is 22.4 Å². The summed E-state index contributed by atoms with van der Waals surface area (Å²) in [6, 6.07) is 6.36. The largest absolute Gasteiger partial charge is 0.396 e. The molecule has 1 aromatic carbocycles.